The number of nitrogens with one attached hydrogen (secondary N) is 1. The van der Waals surface area contributed by atoms with Crippen molar-refractivity contribution in [3.8, 4) is 0 Å². The maximum absolute atomic E-state index is 13.5. The van der Waals surface area contributed by atoms with E-state index in [9.17, 15) is 9.18 Å². The quantitative estimate of drug-likeness (QED) is 0.636. The topological polar surface area (TPSA) is 55.1 Å². The average Bonchev–Trinajstić information content (AvgIpc) is 2.44. The van der Waals surface area contributed by atoms with Crippen LogP contribution in [0.25, 0.3) is 0 Å². The summed E-state index contributed by atoms with van der Waals surface area (Å²) in [7, 11) is 0. The summed E-state index contributed by atoms with van der Waals surface area (Å²) in [6.45, 7) is 0. The number of thioether (sulfide) groups is 1. The lowest BCUT2D eigenvalue weighted by atomic mass is 10.2. The minimum absolute atomic E-state index is 0.0535. The zero-order chi connectivity index (χ0) is 15.4. The fourth-order valence-corrected chi connectivity index (χ4v) is 2.85. The Morgan fingerprint density at radius 2 is 2.00 bits per heavy atom. The van der Waals surface area contributed by atoms with Crippen LogP contribution >= 0.6 is 35.0 Å². The van der Waals surface area contributed by atoms with Gasteiger partial charge < -0.3 is 11.1 Å². The Morgan fingerprint density at radius 3 is 2.76 bits per heavy atom. The minimum Gasteiger partial charge on any atom is -0.399 e. The lowest BCUT2D eigenvalue weighted by Gasteiger charge is -2.08. The van der Waals surface area contributed by atoms with Gasteiger partial charge in [0.15, 0.2) is 0 Å². The molecule has 7 heteroatoms. The number of anilines is 2. The molecule has 0 unspecified atom stereocenters. The molecule has 0 fully saturated rings. The first-order chi connectivity index (χ1) is 9.95. The van der Waals surface area contributed by atoms with Crippen molar-refractivity contribution in [2.75, 3.05) is 16.8 Å². The highest BCUT2D eigenvalue weighted by molar-refractivity contribution is 8.00. The molecule has 2 aromatic rings. The Bertz CT molecular complexity index is 682. The Hall–Kier alpha value is -1.43. The number of carbonyl (C=O) groups excluding carboxylic acids is 1. The van der Waals surface area contributed by atoms with E-state index >= 15 is 0 Å². The van der Waals surface area contributed by atoms with Gasteiger partial charge in [-0.2, -0.15) is 0 Å². The van der Waals surface area contributed by atoms with Crippen LogP contribution in [0.15, 0.2) is 41.3 Å². The standard InChI is InChI=1S/C14H11Cl2FN2OS/c15-8-1-3-10(16)13(5-8)21-7-14(20)19-12-6-9(18)2-4-11(12)17/h1-6H,7,18H2,(H,19,20). The predicted molar refractivity (Wildman–Crippen MR) is 86.6 cm³/mol. The molecular weight excluding hydrogens is 334 g/mol. The van der Waals surface area contributed by atoms with Gasteiger partial charge in [-0.15, -0.1) is 11.8 Å². The summed E-state index contributed by atoms with van der Waals surface area (Å²) in [5.74, 6) is -0.822. The van der Waals surface area contributed by atoms with E-state index in [-0.39, 0.29) is 17.3 Å². The summed E-state index contributed by atoms with van der Waals surface area (Å²) in [6, 6.07) is 8.97. The molecule has 3 N–H and O–H groups in total. The van der Waals surface area contributed by atoms with Crippen molar-refractivity contribution in [1.29, 1.82) is 0 Å². The molecule has 3 nitrogen and oxygen atoms in total. The zero-order valence-electron chi connectivity index (χ0n) is 10.7. The van der Waals surface area contributed by atoms with Gasteiger partial charge in [-0.05, 0) is 36.4 Å². The van der Waals surface area contributed by atoms with Gasteiger partial charge in [-0.3, -0.25) is 4.79 Å². The second-order valence-electron chi connectivity index (χ2n) is 4.15. The Morgan fingerprint density at radius 1 is 1.24 bits per heavy atom. The molecule has 0 saturated heterocycles. The van der Waals surface area contributed by atoms with Crippen molar-refractivity contribution < 1.29 is 9.18 Å². The van der Waals surface area contributed by atoms with Crippen LogP contribution < -0.4 is 11.1 Å². The Labute approximate surface area is 135 Å². The molecule has 0 atom stereocenters. The highest BCUT2D eigenvalue weighted by Crippen LogP contribution is 2.30. The second kappa shape index (κ2) is 7.02. The van der Waals surface area contributed by atoms with Crippen molar-refractivity contribution in [1.82, 2.24) is 0 Å². The smallest absolute Gasteiger partial charge is 0.234 e. The van der Waals surface area contributed by atoms with Crippen LogP contribution in [-0.4, -0.2) is 11.7 Å². The van der Waals surface area contributed by atoms with Gasteiger partial charge in [-0.25, -0.2) is 4.39 Å². The summed E-state index contributed by atoms with van der Waals surface area (Å²) in [4.78, 5) is 12.5. The lowest BCUT2D eigenvalue weighted by molar-refractivity contribution is -0.113. The zero-order valence-corrected chi connectivity index (χ0v) is 13.0. The number of nitrogen functional groups attached to an aromatic ring is 1. The van der Waals surface area contributed by atoms with Crippen LogP contribution in [-0.2, 0) is 4.79 Å². The minimum atomic E-state index is -0.539. The number of rotatable bonds is 4. The summed E-state index contributed by atoms with van der Waals surface area (Å²) in [5.41, 5.74) is 5.98. The third-order valence-electron chi connectivity index (χ3n) is 2.52. The maximum Gasteiger partial charge on any atom is 0.234 e. The van der Waals surface area contributed by atoms with Gasteiger partial charge in [-0.1, -0.05) is 23.2 Å². The van der Waals surface area contributed by atoms with Crippen molar-refractivity contribution in [2.45, 2.75) is 4.90 Å². The molecule has 0 aliphatic carbocycles. The van der Waals surface area contributed by atoms with E-state index in [2.05, 4.69) is 5.32 Å². The van der Waals surface area contributed by atoms with E-state index in [0.717, 1.165) is 0 Å². The van der Waals surface area contributed by atoms with E-state index in [1.54, 1.807) is 18.2 Å². The first-order valence-corrected chi connectivity index (χ1v) is 7.62. The van der Waals surface area contributed by atoms with Gasteiger partial charge in [0, 0.05) is 15.6 Å². The van der Waals surface area contributed by atoms with Crippen LogP contribution in [0.2, 0.25) is 10.0 Å². The van der Waals surface area contributed by atoms with Crippen LogP contribution in [0, 0.1) is 5.82 Å². The van der Waals surface area contributed by atoms with Crippen molar-refractivity contribution in [3.63, 3.8) is 0 Å². The summed E-state index contributed by atoms with van der Waals surface area (Å²) >= 11 is 13.1. The van der Waals surface area contributed by atoms with E-state index in [1.807, 2.05) is 0 Å². The molecule has 0 spiro atoms. The number of hydrogen-bond acceptors (Lipinski definition) is 3. The molecule has 21 heavy (non-hydrogen) atoms. The number of carbonyl (C=O) groups is 1. The van der Waals surface area contributed by atoms with E-state index in [0.29, 0.717) is 20.6 Å². The lowest BCUT2D eigenvalue weighted by Crippen LogP contribution is -2.15. The summed E-state index contributed by atoms with van der Waals surface area (Å²) in [6.07, 6.45) is 0. The molecule has 0 aromatic heterocycles. The fraction of sp³-hybridized carbons (Fsp3) is 0.0714. The predicted octanol–water partition coefficient (Wildman–Crippen LogP) is 4.45. The van der Waals surface area contributed by atoms with Gasteiger partial charge in [0.05, 0.1) is 16.5 Å². The van der Waals surface area contributed by atoms with Crippen molar-refractivity contribution in [3.05, 3.63) is 52.3 Å². The van der Waals surface area contributed by atoms with Crippen LogP contribution in [0.3, 0.4) is 0 Å². The number of hydrogen-bond donors (Lipinski definition) is 2. The first-order valence-electron chi connectivity index (χ1n) is 5.88. The maximum atomic E-state index is 13.5. The van der Waals surface area contributed by atoms with Gasteiger partial charge in [0.2, 0.25) is 5.91 Å². The number of nitrogens with two attached hydrogens (primary N) is 1. The Kier molecular flexibility index (Phi) is 5.33. The molecule has 2 rings (SSSR count). The fourth-order valence-electron chi connectivity index (χ4n) is 1.56. The molecule has 1 amide bonds. The number of halogens is 3. The highest BCUT2D eigenvalue weighted by Gasteiger charge is 2.10. The van der Waals surface area contributed by atoms with Gasteiger partial charge in [0.25, 0.3) is 0 Å². The van der Waals surface area contributed by atoms with Crippen molar-refractivity contribution >= 4 is 52.2 Å². The van der Waals surface area contributed by atoms with Gasteiger partial charge >= 0.3 is 0 Å². The third kappa shape index (κ3) is 4.52. The largest absolute Gasteiger partial charge is 0.399 e. The summed E-state index contributed by atoms with van der Waals surface area (Å²) < 4.78 is 13.5. The molecule has 0 aliphatic rings. The van der Waals surface area contributed by atoms with E-state index in [4.69, 9.17) is 28.9 Å². The SMILES string of the molecule is Nc1ccc(F)c(NC(=O)CSc2cc(Cl)ccc2Cl)c1. The third-order valence-corrected chi connectivity index (χ3v) is 4.25. The van der Waals surface area contributed by atoms with Crippen LogP contribution in [0.5, 0.6) is 0 Å². The van der Waals surface area contributed by atoms with E-state index in [1.165, 1.54) is 30.0 Å². The van der Waals surface area contributed by atoms with Crippen molar-refractivity contribution in [2.24, 2.45) is 0 Å². The summed E-state index contributed by atoms with van der Waals surface area (Å²) in [5, 5.41) is 3.50. The average molecular weight is 345 g/mol. The highest BCUT2D eigenvalue weighted by atomic mass is 35.5. The van der Waals surface area contributed by atoms with E-state index < -0.39 is 5.82 Å². The van der Waals surface area contributed by atoms with Crippen LogP contribution in [0.1, 0.15) is 0 Å². The molecular formula is C14H11Cl2FN2OS. The molecule has 110 valence electrons. The first kappa shape index (κ1) is 15.9. The molecule has 2 aromatic carbocycles. The molecule has 0 aliphatic heterocycles. The molecule has 0 radical (unpaired) electrons. The Balaban J connectivity index is 1.99. The second-order valence-corrected chi connectivity index (χ2v) is 6.01. The van der Waals surface area contributed by atoms with Crippen LogP contribution in [0.4, 0.5) is 15.8 Å². The molecule has 0 bridgehead atoms. The number of amides is 1. The van der Waals surface area contributed by atoms with Gasteiger partial charge in [0.1, 0.15) is 5.82 Å². The normalized spacial score (nSPS) is 10.4. The monoisotopic (exact) mass is 344 g/mol. The molecule has 0 saturated carbocycles. The molecule has 0 heterocycles. The number of benzene rings is 2.